The molecule has 0 N–H and O–H groups in total. The molecule has 0 saturated heterocycles. The van der Waals surface area contributed by atoms with Crippen molar-refractivity contribution in [3.8, 4) is 0 Å². The molecular formula is C11H15NO. The first-order chi connectivity index (χ1) is 6.11. The second kappa shape index (κ2) is 4.17. The van der Waals surface area contributed by atoms with Crippen molar-refractivity contribution in [1.29, 1.82) is 0 Å². The highest BCUT2D eigenvalue weighted by molar-refractivity contribution is 5.82. The van der Waals surface area contributed by atoms with Crippen molar-refractivity contribution in [2.24, 2.45) is 5.92 Å². The Kier molecular flexibility index (Phi) is 3.18. The average molecular weight is 177 g/mol. The summed E-state index contributed by atoms with van der Waals surface area (Å²) in [5, 5.41) is 0. The number of aromatic nitrogens is 1. The van der Waals surface area contributed by atoms with Crippen LogP contribution in [0.5, 0.6) is 0 Å². The SMILES string of the molecule is Cc1cccnc1CC(=O)C(C)C. The zero-order chi connectivity index (χ0) is 9.84. The highest BCUT2D eigenvalue weighted by Crippen LogP contribution is 2.07. The molecule has 0 fully saturated rings. The van der Waals surface area contributed by atoms with Crippen molar-refractivity contribution in [3.05, 3.63) is 29.6 Å². The minimum Gasteiger partial charge on any atom is -0.299 e. The molecule has 0 saturated carbocycles. The van der Waals surface area contributed by atoms with Gasteiger partial charge in [0.1, 0.15) is 5.78 Å². The number of carbonyl (C=O) groups excluding carboxylic acids is 1. The van der Waals surface area contributed by atoms with E-state index in [1.807, 2.05) is 32.9 Å². The van der Waals surface area contributed by atoms with E-state index in [-0.39, 0.29) is 11.7 Å². The van der Waals surface area contributed by atoms with E-state index in [0.717, 1.165) is 11.3 Å². The summed E-state index contributed by atoms with van der Waals surface area (Å²) < 4.78 is 0. The van der Waals surface area contributed by atoms with E-state index in [2.05, 4.69) is 4.98 Å². The molecule has 2 heteroatoms. The number of Topliss-reactive ketones (excluding diaryl/α,β-unsaturated/α-hetero) is 1. The van der Waals surface area contributed by atoms with Crippen molar-refractivity contribution in [2.45, 2.75) is 27.2 Å². The minimum atomic E-state index is 0.0985. The Morgan fingerprint density at radius 3 is 2.77 bits per heavy atom. The van der Waals surface area contributed by atoms with Crippen LogP contribution in [0.15, 0.2) is 18.3 Å². The Hall–Kier alpha value is -1.18. The molecule has 1 rings (SSSR count). The van der Waals surface area contributed by atoms with Crippen molar-refractivity contribution in [2.75, 3.05) is 0 Å². The van der Waals surface area contributed by atoms with Gasteiger partial charge in [-0.3, -0.25) is 9.78 Å². The van der Waals surface area contributed by atoms with Crippen molar-refractivity contribution in [3.63, 3.8) is 0 Å². The van der Waals surface area contributed by atoms with Crippen LogP contribution >= 0.6 is 0 Å². The summed E-state index contributed by atoms with van der Waals surface area (Å²) in [5.41, 5.74) is 2.00. The van der Waals surface area contributed by atoms with Gasteiger partial charge in [-0.2, -0.15) is 0 Å². The molecular weight excluding hydrogens is 162 g/mol. The van der Waals surface area contributed by atoms with Crippen LogP contribution in [0, 0.1) is 12.8 Å². The van der Waals surface area contributed by atoms with Gasteiger partial charge in [-0.05, 0) is 18.6 Å². The first kappa shape index (κ1) is 9.90. The van der Waals surface area contributed by atoms with Gasteiger partial charge in [0, 0.05) is 18.5 Å². The van der Waals surface area contributed by atoms with Crippen LogP contribution in [0.2, 0.25) is 0 Å². The number of carbonyl (C=O) groups is 1. The second-order valence-electron chi connectivity index (χ2n) is 3.56. The van der Waals surface area contributed by atoms with E-state index in [1.54, 1.807) is 6.20 Å². The highest BCUT2D eigenvalue weighted by Gasteiger charge is 2.10. The molecule has 0 unspecified atom stereocenters. The third-order valence-electron chi connectivity index (χ3n) is 2.10. The maximum atomic E-state index is 11.4. The summed E-state index contributed by atoms with van der Waals surface area (Å²) >= 11 is 0. The highest BCUT2D eigenvalue weighted by atomic mass is 16.1. The predicted molar refractivity (Wildman–Crippen MR) is 52.5 cm³/mol. The third-order valence-corrected chi connectivity index (χ3v) is 2.10. The van der Waals surface area contributed by atoms with Crippen molar-refractivity contribution in [1.82, 2.24) is 4.98 Å². The van der Waals surface area contributed by atoms with Crippen LogP contribution in [0.1, 0.15) is 25.1 Å². The number of hydrogen-bond donors (Lipinski definition) is 0. The van der Waals surface area contributed by atoms with Crippen LogP contribution in [0.4, 0.5) is 0 Å². The Morgan fingerprint density at radius 2 is 2.23 bits per heavy atom. The second-order valence-corrected chi connectivity index (χ2v) is 3.56. The molecule has 0 aromatic carbocycles. The van der Waals surface area contributed by atoms with Gasteiger partial charge in [-0.1, -0.05) is 19.9 Å². The monoisotopic (exact) mass is 177 g/mol. The van der Waals surface area contributed by atoms with Gasteiger partial charge in [-0.15, -0.1) is 0 Å². The molecule has 2 nitrogen and oxygen atoms in total. The summed E-state index contributed by atoms with van der Waals surface area (Å²) in [6.45, 7) is 5.82. The smallest absolute Gasteiger partial charge is 0.141 e. The number of aryl methyl sites for hydroxylation is 1. The lowest BCUT2D eigenvalue weighted by Crippen LogP contribution is -2.12. The van der Waals surface area contributed by atoms with Crippen LogP contribution in [-0.2, 0) is 11.2 Å². The number of rotatable bonds is 3. The molecule has 0 amide bonds. The zero-order valence-electron chi connectivity index (χ0n) is 8.37. The number of pyridine rings is 1. The summed E-state index contributed by atoms with van der Waals surface area (Å²) in [7, 11) is 0. The molecule has 0 radical (unpaired) electrons. The first-order valence-corrected chi connectivity index (χ1v) is 4.54. The normalized spacial score (nSPS) is 10.5. The first-order valence-electron chi connectivity index (χ1n) is 4.54. The standard InChI is InChI=1S/C11H15NO/c1-8(2)11(13)7-10-9(3)5-4-6-12-10/h4-6,8H,7H2,1-3H3. The lowest BCUT2D eigenvalue weighted by atomic mass is 10.0. The molecule has 0 aliphatic rings. The zero-order valence-corrected chi connectivity index (χ0v) is 8.37. The van der Waals surface area contributed by atoms with Gasteiger partial charge >= 0.3 is 0 Å². The van der Waals surface area contributed by atoms with E-state index in [0.29, 0.717) is 6.42 Å². The van der Waals surface area contributed by atoms with E-state index >= 15 is 0 Å². The predicted octanol–water partition coefficient (Wildman–Crippen LogP) is 2.16. The Labute approximate surface area is 79.0 Å². The summed E-state index contributed by atoms with van der Waals surface area (Å²) in [4.78, 5) is 15.6. The third kappa shape index (κ3) is 2.65. The molecule has 0 aliphatic heterocycles. The van der Waals surface area contributed by atoms with Crippen LogP contribution in [-0.4, -0.2) is 10.8 Å². The fraction of sp³-hybridized carbons (Fsp3) is 0.455. The van der Waals surface area contributed by atoms with Gasteiger partial charge in [-0.25, -0.2) is 0 Å². The van der Waals surface area contributed by atoms with Crippen LogP contribution in [0.3, 0.4) is 0 Å². The maximum Gasteiger partial charge on any atom is 0.141 e. The Balaban J connectivity index is 2.75. The van der Waals surface area contributed by atoms with Crippen molar-refractivity contribution < 1.29 is 4.79 Å². The van der Waals surface area contributed by atoms with Crippen molar-refractivity contribution >= 4 is 5.78 Å². The molecule has 70 valence electrons. The van der Waals surface area contributed by atoms with E-state index in [4.69, 9.17) is 0 Å². The molecule has 0 atom stereocenters. The maximum absolute atomic E-state index is 11.4. The average Bonchev–Trinajstić information content (AvgIpc) is 2.08. The lowest BCUT2D eigenvalue weighted by molar-refractivity contribution is -0.121. The fourth-order valence-electron chi connectivity index (χ4n) is 1.07. The number of nitrogens with zero attached hydrogens (tertiary/aromatic N) is 1. The molecule has 13 heavy (non-hydrogen) atoms. The van der Waals surface area contributed by atoms with E-state index < -0.39 is 0 Å². The van der Waals surface area contributed by atoms with E-state index in [9.17, 15) is 4.79 Å². The fourth-order valence-corrected chi connectivity index (χ4v) is 1.07. The molecule has 1 aromatic heterocycles. The van der Waals surface area contributed by atoms with Gasteiger partial charge < -0.3 is 0 Å². The largest absolute Gasteiger partial charge is 0.299 e. The summed E-state index contributed by atoms with van der Waals surface area (Å²) in [6.07, 6.45) is 2.19. The van der Waals surface area contributed by atoms with Gasteiger partial charge in [0.2, 0.25) is 0 Å². The van der Waals surface area contributed by atoms with Gasteiger partial charge in [0.15, 0.2) is 0 Å². The summed E-state index contributed by atoms with van der Waals surface area (Å²) in [6, 6.07) is 3.87. The number of ketones is 1. The summed E-state index contributed by atoms with van der Waals surface area (Å²) in [5.74, 6) is 0.350. The quantitative estimate of drug-likeness (QED) is 0.708. The number of hydrogen-bond acceptors (Lipinski definition) is 2. The van der Waals surface area contributed by atoms with Gasteiger partial charge in [0.25, 0.3) is 0 Å². The Bertz CT molecular complexity index is 305. The Morgan fingerprint density at radius 1 is 1.54 bits per heavy atom. The van der Waals surface area contributed by atoms with E-state index in [1.165, 1.54) is 0 Å². The molecule has 1 heterocycles. The molecule has 0 bridgehead atoms. The minimum absolute atomic E-state index is 0.0985. The van der Waals surface area contributed by atoms with Crippen LogP contribution < -0.4 is 0 Å². The molecule has 0 spiro atoms. The van der Waals surface area contributed by atoms with Gasteiger partial charge in [0.05, 0.1) is 5.69 Å². The molecule has 0 aliphatic carbocycles. The molecule has 1 aromatic rings. The topological polar surface area (TPSA) is 30.0 Å². The van der Waals surface area contributed by atoms with Crippen LogP contribution in [0.25, 0.3) is 0 Å². The lowest BCUT2D eigenvalue weighted by Gasteiger charge is -2.05.